The third kappa shape index (κ3) is 25.3. The zero-order chi connectivity index (χ0) is 79.9. The maximum atomic E-state index is 12.8. The number of hydrogen-bond acceptors (Lipinski definition) is 7. The SMILES string of the molecule is C#CCBr.C#CCOc1ccccc1.C#CCOc1ccccc1.CC.CC.CC1(C)c2cc3ccccc3cc2-c2cc3ccccc3cc21.CC1(C)c2cc3ccccc3cc2-c2cc3ccccc3cc21.O=C1c2cc3ccccc3cc2-c2cc3ccccc3cc21.O=CO[O-].Oc1ccccc1.PP(P)P.[H-].[K+].[K+]. The van der Waals surface area contributed by atoms with E-state index >= 15 is 0 Å². The molecular formula is C99H93BrK2O7P4. The quantitative estimate of drug-likeness (QED) is 0.0348. The fourth-order valence-electron chi connectivity index (χ4n) is 13.4. The Morgan fingerprint density at radius 1 is 0.381 bits per heavy atom. The molecule has 0 fully saturated rings. The van der Waals surface area contributed by atoms with Crippen molar-refractivity contribution in [2.24, 2.45) is 0 Å². The minimum Gasteiger partial charge on any atom is -1.00 e. The van der Waals surface area contributed by atoms with E-state index in [-0.39, 0.29) is 134 Å². The van der Waals surface area contributed by atoms with Crippen LogP contribution in [0.25, 0.3) is 98.0 Å². The van der Waals surface area contributed by atoms with E-state index in [1.54, 1.807) is 24.3 Å². The van der Waals surface area contributed by atoms with Gasteiger partial charge in [0.15, 0.2) is 5.78 Å². The maximum Gasteiger partial charge on any atom is 1.00 e. The van der Waals surface area contributed by atoms with Gasteiger partial charge in [0.1, 0.15) is 30.5 Å². The van der Waals surface area contributed by atoms with Gasteiger partial charge in [0.05, 0.1) is 5.33 Å². The standard InChI is InChI=1S/2C23H18.C21H12O.2C9H8O.C6H6O.C3H3Br.2C2H6.CH2O3.2K.H6P4.H/c2*1-23(2)21-13-17-9-5-3-7-15(17)11-19(21)20-12-16-8-4-6-10-18(16)14-22(20)23;22-21-19-11-15-7-3-1-5-13(15)9-17(19)18-10-14-6-2-4-8-16(14)12-20(18)21;2*1-2-8-10-9-6-4-3-5-7-9;7-6-4-2-1-3-5-6;1-2-3-4;2*1-2;2-1-4-3;;;1-4(2)3;/h2*3-14H,1-2H3;1-12H;2*1,3-7H,8H2;1-5,7H;1H,3H2;2*1-2H3;1,3H;;;1-3H2;/q;;;;;;;;;;2*+1;;-1/p-1. The van der Waals surface area contributed by atoms with Crippen molar-refractivity contribution in [2.75, 3.05) is 18.5 Å². The summed E-state index contributed by atoms with van der Waals surface area (Å²) in [5, 5.41) is 32.9. The summed E-state index contributed by atoms with van der Waals surface area (Å²) in [6.45, 7) is 18.0. The second-order valence-corrected chi connectivity index (χ2v) is 38.2. The van der Waals surface area contributed by atoms with Gasteiger partial charge in [0.2, 0.25) is 0 Å². The first-order valence-corrected chi connectivity index (χ1v) is 43.7. The molecule has 1 N–H and O–H groups in total. The molecule has 0 radical (unpaired) electrons. The minimum atomic E-state index is -0.181. The molecule has 15 aromatic carbocycles. The normalized spacial score (nSPS) is 11.3. The van der Waals surface area contributed by atoms with E-state index in [0.717, 1.165) is 44.5 Å². The molecule has 113 heavy (non-hydrogen) atoms. The fraction of sp³-hybridized carbons (Fsp3) is 0.131. The number of rotatable bonds is 5. The van der Waals surface area contributed by atoms with Crippen molar-refractivity contribution in [1.82, 2.24) is 0 Å². The van der Waals surface area contributed by atoms with E-state index in [1.165, 1.54) is 98.4 Å². The van der Waals surface area contributed by atoms with E-state index in [0.29, 0.717) is 24.3 Å². The molecule has 560 valence electrons. The minimum absolute atomic E-state index is 0. The Morgan fingerprint density at radius 3 is 0.752 bits per heavy atom. The molecule has 14 heteroatoms. The van der Waals surface area contributed by atoms with Crippen molar-refractivity contribution < 1.29 is 139 Å². The molecule has 3 aliphatic carbocycles. The molecule has 0 aromatic heterocycles. The average molecular weight is 1680 g/mol. The van der Waals surface area contributed by atoms with E-state index in [4.69, 9.17) is 43.9 Å². The van der Waals surface area contributed by atoms with Gasteiger partial charge in [-0.2, -0.15) is 0 Å². The van der Waals surface area contributed by atoms with Crippen molar-refractivity contribution in [3.8, 4) is 87.7 Å². The van der Waals surface area contributed by atoms with Gasteiger partial charge in [-0.1, -0.05) is 289 Å². The van der Waals surface area contributed by atoms with Crippen molar-refractivity contribution in [2.45, 2.75) is 66.2 Å². The number of carbonyl (C=O) groups excluding carboxylic acids is 2. The Balaban J connectivity index is 0.000000243. The number of halogens is 1. The molecular weight excluding hydrogens is 1580 g/mol. The number of aromatic hydroxyl groups is 1. The largest absolute Gasteiger partial charge is 1.00 e. The average Bonchev–Trinajstić information content (AvgIpc) is 1.60. The summed E-state index contributed by atoms with van der Waals surface area (Å²) in [6.07, 6.45) is 14.7. The summed E-state index contributed by atoms with van der Waals surface area (Å²) in [5.74, 6) is 9.24. The van der Waals surface area contributed by atoms with Gasteiger partial charge in [-0.3, -0.25) is 9.59 Å². The van der Waals surface area contributed by atoms with Gasteiger partial charge in [0.25, 0.3) is 6.47 Å². The van der Waals surface area contributed by atoms with Crippen LogP contribution in [0.4, 0.5) is 0 Å². The summed E-state index contributed by atoms with van der Waals surface area (Å²) in [4.78, 5) is 24.0. The van der Waals surface area contributed by atoms with Crippen LogP contribution < -0.4 is 118 Å². The smallest absolute Gasteiger partial charge is 1.00 e. The topological polar surface area (TPSA) is 105 Å². The molecule has 0 bridgehead atoms. The number of phenols is 1. The second kappa shape index (κ2) is 48.1. The van der Waals surface area contributed by atoms with Crippen LogP contribution in [-0.4, -0.2) is 35.9 Å². The first-order chi connectivity index (χ1) is 53.9. The van der Waals surface area contributed by atoms with Crippen LogP contribution in [0.2, 0.25) is 0 Å². The summed E-state index contributed by atoms with van der Waals surface area (Å²) < 4.78 is 10.2. The molecule has 0 aliphatic heterocycles. The molecule has 3 aliphatic rings. The molecule has 0 saturated carbocycles. The third-order valence-electron chi connectivity index (χ3n) is 18.4. The van der Waals surface area contributed by atoms with E-state index in [2.05, 4.69) is 275 Å². The number of hydrogen-bond donors (Lipinski definition) is 1. The Bertz CT molecular complexity index is 5250. The summed E-state index contributed by atoms with van der Waals surface area (Å²) in [5.41, 5.74) is 15.2. The molecule has 3 atom stereocenters. The van der Waals surface area contributed by atoms with Crippen LogP contribution in [0.5, 0.6) is 17.2 Å². The molecule has 3 unspecified atom stereocenters. The van der Waals surface area contributed by atoms with Crippen LogP contribution >= 0.6 is 49.7 Å². The Labute approximate surface area is 770 Å². The van der Waals surface area contributed by atoms with Crippen LogP contribution in [-0.2, 0) is 20.5 Å². The number of fused-ring (bicyclic) bond motifs is 15. The number of phenolic OH excluding ortho intramolecular Hbond substituents is 1. The van der Waals surface area contributed by atoms with Gasteiger partial charge in [-0.15, -0.1) is 46.1 Å². The predicted molar refractivity (Wildman–Crippen MR) is 488 cm³/mol. The van der Waals surface area contributed by atoms with Crippen LogP contribution in [0, 0.1) is 37.0 Å². The van der Waals surface area contributed by atoms with Crippen molar-refractivity contribution in [1.29, 1.82) is 0 Å². The van der Waals surface area contributed by atoms with E-state index in [1.807, 2.05) is 131 Å². The van der Waals surface area contributed by atoms with E-state index < -0.39 is 0 Å². The number of carbonyl (C=O) groups is 2. The van der Waals surface area contributed by atoms with Gasteiger partial charge >= 0.3 is 103 Å². The molecule has 0 amide bonds. The number of ether oxygens (including phenoxy) is 2. The summed E-state index contributed by atoms with van der Waals surface area (Å²) in [7, 11) is 7.94. The van der Waals surface area contributed by atoms with Gasteiger partial charge in [0, 0.05) is 22.0 Å². The number of benzene rings is 15. The number of terminal acetylenes is 3. The summed E-state index contributed by atoms with van der Waals surface area (Å²) in [6, 6.07) is 106. The van der Waals surface area contributed by atoms with E-state index in [9.17, 15) is 4.79 Å². The van der Waals surface area contributed by atoms with Crippen molar-refractivity contribution in [3.05, 3.63) is 343 Å². The van der Waals surface area contributed by atoms with Crippen molar-refractivity contribution in [3.63, 3.8) is 0 Å². The molecule has 0 saturated heterocycles. The first-order valence-electron chi connectivity index (χ1n) is 36.4. The van der Waals surface area contributed by atoms with Crippen LogP contribution in [0.3, 0.4) is 0 Å². The maximum absolute atomic E-state index is 12.8. The molecule has 0 spiro atoms. The predicted octanol–water partition coefficient (Wildman–Crippen LogP) is 20.1. The molecule has 18 rings (SSSR count). The monoisotopic (exact) mass is 1670 g/mol. The Hall–Kier alpha value is -7.49. The molecule has 0 heterocycles. The number of alkyl halides is 1. The zero-order valence-electron chi connectivity index (χ0n) is 66.8. The molecule has 15 aromatic rings. The fourth-order valence-corrected chi connectivity index (χ4v) is 13.4. The van der Waals surface area contributed by atoms with Crippen molar-refractivity contribution >= 4 is 127 Å². The van der Waals surface area contributed by atoms with Gasteiger partial charge < -0.3 is 26.2 Å². The van der Waals surface area contributed by atoms with Crippen LogP contribution in [0.15, 0.2) is 309 Å². The Kier molecular flexibility index (Phi) is 40.2. The number of ketones is 1. The first kappa shape index (κ1) is 94.4. The third-order valence-corrected chi connectivity index (χ3v) is 18.7. The number of para-hydroxylation sites is 3. The Morgan fingerprint density at radius 2 is 0.566 bits per heavy atom. The van der Waals surface area contributed by atoms with Crippen LogP contribution in [0.1, 0.15) is 95.0 Å². The molecule has 7 nitrogen and oxygen atoms in total. The van der Waals surface area contributed by atoms with Gasteiger partial charge in [-0.25, -0.2) is 0 Å². The summed E-state index contributed by atoms with van der Waals surface area (Å²) >= 11 is 3.01. The second-order valence-electron chi connectivity index (χ2n) is 26.0. The van der Waals surface area contributed by atoms with Gasteiger partial charge in [-0.05, 0) is 236 Å². The zero-order valence-corrected chi connectivity index (χ0v) is 78.0.